The number of carbonyl (C=O) groups is 1. The molecule has 0 spiro atoms. The first-order chi connectivity index (χ1) is 14.3. The maximum Gasteiger partial charge on any atom is 0.231 e. The van der Waals surface area contributed by atoms with Crippen LogP contribution < -0.4 is 19.5 Å². The summed E-state index contributed by atoms with van der Waals surface area (Å²) in [5, 5.41) is 2.97. The van der Waals surface area contributed by atoms with Crippen molar-refractivity contribution in [3.8, 4) is 28.5 Å². The minimum absolute atomic E-state index is 0.0578. The Bertz CT molecular complexity index is 1060. The van der Waals surface area contributed by atoms with Gasteiger partial charge in [0.15, 0.2) is 11.5 Å². The molecule has 0 fully saturated rings. The first-order valence-corrected chi connectivity index (χ1v) is 9.46. The van der Waals surface area contributed by atoms with Gasteiger partial charge in [-0.1, -0.05) is 18.2 Å². The first kappa shape index (κ1) is 17.5. The van der Waals surface area contributed by atoms with E-state index in [0.29, 0.717) is 18.0 Å². The highest BCUT2D eigenvalue weighted by Crippen LogP contribution is 2.37. The largest absolute Gasteiger partial charge is 0.487 e. The molecule has 0 saturated carbocycles. The van der Waals surface area contributed by atoms with Crippen LogP contribution in [0.4, 0.5) is 0 Å². The highest BCUT2D eigenvalue weighted by atomic mass is 16.7. The molecule has 0 radical (unpaired) electrons. The molecule has 1 aromatic heterocycles. The second-order valence-corrected chi connectivity index (χ2v) is 7.00. The number of benzene rings is 2. The van der Waals surface area contributed by atoms with Gasteiger partial charge in [-0.25, -0.2) is 0 Å². The van der Waals surface area contributed by atoms with E-state index in [-0.39, 0.29) is 25.2 Å². The lowest BCUT2D eigenvalue weighted by Gasteiger charge is -2.13. The normalized spacial score (nSPS) is 16.2. The average molecular weight is 389 g/mol. The quantitative estimate of drug-likeness (QED) is 0.722. The third kappa shape index (κ3) is 3.59. The van der Waals surface area contributed by atoms with E-state index in [4.69, 9.17) is 14.2 Å². The Morgan fingerprint density at radius 3 is 2.97 bits per heavy atom. The molecular weight excluding hydrogens is 370 g/mol. The van der Waals surface area contributed by atoms with Gasteiger partial charge in [0.25, 0.3) is 0 Å². The summed E-state index contributed by atoms with van der Waals surface area (Å²) in [5.41, 5.74) is 3.69. The number of carbonyl (C=O) groups excluding carboxylic acids is 1. The molecule has 1 N–H and O–H groups in total. The van der Waals surface area contributed by atoms with Gasteiger partial charge in [0.1, 0.15) is 11.9 Å². The molecule has 0 unspecified atom stereocenters. The van der Waals surface area contributed by atoms with Crippen molar-refractivity contribution in [1.82, 2.24) is 15.3 Å². The van der Waals surface area contributed by atoms with E-state index >= 15 is 0 Å². The lowest BCUT2D eigenvalue weighted by Crippen LogP contribution is -2.35. The molecule has 2 aliphatic rings. The molecule has 3 heterocycles. The number of ether oxygens (including phenoxy) is 3. The molecule has 0 bridgehead atoms. The standard InChI is InChI=1S/C22H19N3O4/c26-21(9-14-4-5-19-20(8-14)28-13-27-19)25-11-16-10-15-2-1-3-17(22(15)29-16)18-12-23-6-7-24-18/h1-8,12,16H,9-11,13H2,(H,25,26)/t16-/m1/s1. The van der Waals surface area contributed by atoms with Crippen molar-refractivity contribution in [3.05, 3.63) is 66.1 Å². The van der Waals surface area contributed by atoms with Crippen LogP contribution in [0.2, 0.25) is 0 Å². The minimum atomic E-state index is -0.108. The van der Waals surface area contributed by atoms with Crippen LogP contribution in [0.15, 0.2) is 55.0 Å². The van der Waals surface area contributed by atoms with E-state index in [1.165, 1.54) is 0 Å². The molecular formula is C22H19N3O4. The smallest absolute Gasteiger partial charge is 0.231 e. The van der Waals surface area contributed by atoms with Crippen molar-refractivity contribution in [3.63, 3.8) is 0 Å². The zero-order valence-electron chi connectivity index (χ0n) is 15.6. The molecule has 5 rings (SSSR count). The lowest BCUT2D eigenvalue weighted by atomic mass is 10.0. The fourth-order valence-corrected chi connectivity index (χ4v) is 3.62. The molecule has 7 nitrogen and oxygen atoms in total. The number of amides is 1. The van der Waals surface area contributed by atoms with Crippen LogP contribution in [0, 0.1) is 0 Å². The topological polar surface area (TPSA) is 82.6 Å². The number of nitrogens with zero attached hydrogens (tertiary/aromatic N) is 2. The fourth-order valence-electron chi connectivity index (χ4n) is 3.62. The van der Waals surface area contributed by atoms with E-state index < -0.39 is 0 Å². The molecule has 0 saturated heterocycles. The Balaban J connectivity index is 1.20. The first-order valence-electron chi connectivity index (χ1n) is 9.46. The summed E-state index contributed by atoms with van der Waals surface area (Å²) in [6, 6.07) is 11.6. The van der Waals surface area contributed by atoms with Gasteiger partial charge in [-0.05, 0) is 29.3 Å². The SMILES string of the molecule is O=C(Cc1ccc2c(c1)OCO2)NC[C@H]1Cc2cccc(-c3cnccn3)c2O1. The van der Waals surface area contributed by atoms with Crippen LogP contribution in [0.25, 0.3) is 11.3 Å². The number of aromatic nitrogens is 2. The second kappa shape index (κ2) is 7.43. The van der Waals surface area contributed by atoms with E-state index in [1.54, 1.807) is 18.6 Å². The van der Waals surface area contributed by atoms with Crippen LogP contribution in [0.1, 0.15) is 11.1 Å². The maximum absolute atomic E-state index is 12.4. The van der Waals surface area contributed by atoms with E-state index in [0.717, 1.165) is 34.6 Å². The summed E-state index contributed by atoms with van der Waals surface area (Å²) in [6.45, 7) is 0.666. The van der Waals surface area contributed by atoms with Gasteiger partial charge in [-0.3, -0.25) is 14.8 Å². The fraction of sp³-hybridized carbons (Fsp3) is 0.227. The van der Waals surface area contributed by atoms with Crippen molar-refractivity contribution in [2.75, 3.05) is 13.3 Å². The third-order valence-corrected chi connectivity index (χ3v) is 5.00. The molecule has 1 atom stereocenters. The summed E-state index contributed by atoms with van der Waals surface area (Å²) in [7, 11) is 0. The van der Waals surface area contributed by atoms with Gasteiger partial charge >= 0.3 is 0 Å². The van der Waals surface area contributed by atoms with Crippen LogP contribution in [-0.2, 0) is 17.6 Å². The maximum atomic E-state index is 12.4. The van der Waals surface area contributed by atoms with Crippen molar-refractivity contribution in [2.45, 2.75) is 18.9 Å². The zero-order chi connectivity index (χ0) is 19.6. The lowest BCUT2D eigenvalue weighted by molar-refractivity contribution is -0.120. The van der Waals surface area contributed by atoms with Gasteiger partial charge in [-0.15, -0.1) is 0 Å². The minimum Gasteiger partial charge on any atom is -0.487 e. The molecule has 146 valence electrons. The van der Waals surface area contributed by atoms with Gasteiger partial charge in [0, 0.05) is 24.4 Å². The summed E-state index contributed by atoms with van der Waals surface area (Å²) in [6.07, 6.45) is 5.95. The van der Waals surface area contributed by atoms with Crippen LogP contribution in [0.5, 0.6) is 17.2 Å². The number of hydrogen-bond acceptors (Lipinski definition) is 6. The highest BCUT2D eigenvalue weighted by Gasteiger charge is 2.26. The Hall–Kier alpha value is -3.61. The average Bonchev–Trinajstić information content (AvgIpc) is 3.38. The zero-order valence-corrected chi connectivity index (χ0v) is 15.6. The number of hydrogen-bond donors (Lipinski definition) is 1. The summed E-state index contributed by atoms with van der Waals surface area (Å²) in [5.74, 6) is 2.16. The van der Waals surface area contributed by atoms with Gasteiger partial charge < -0.3 is 19.5 Å². The van der Waals surface area contributed by atoms with Crippen molar-refractivity contribution < 1.29 is 19.0 Å². The highest BCUT2D eigenvalue weighted by molar-refractivity contribution is 5.79. The molecule has 1 amide bonds. The number of nitrogens with one attached hydrogen (secondary N) is 1. The summed E-state index contributed by atoms with van der Waals surface area (Å²) in [4.78, 5) is 20.9. The van der Waals surface area contributed by atoms with E-state index in [2.05, 4.69) is 15.3 Å². The van der Waals surface area contributed by atoms with E-state index in [9.17, 15) is 4.79 Å². The van der Waals surface area contributed by atoms with Gasteiger partial charge in [-0.2, -0.15) is 0 Å². The van der Waals surface area contributed by atoms with Crippen molar-refractivity contribution in [2.24, 2.45) is 0 Å². The monoisotopic (exact) mass is 389 g/mol. The van der Waals surface area contributed by atoms with Gasteiger partial charge in [0.05, 0.1) is 24.9 Å². The Morgan fingerprint density at radius 1 is 1.14 bits per heavy atom. The molecule has 2 aromatic carbocycles. The molecule has 2 aliphatic heterocycles. The Morgan fingerprint density at radius 2 is 2.07 bits per heavy atom. The van der Waals surface area contributed by atoms with Crippen LogP contribution in [0.3, 0.4) is 0 Å². The third-order valence-electron chi connectivity index (χ3n) is 5.00. The number of rotatable bonds is 5. The molecule has 0 aliphatic carbocycles. The second-order valence-electron chi connectivity index (χ2n) is 7.00. The van der Waals surface area contributed by atoms with Crippen LogP contribution in [-0.4, -0.2) is 35.3 Å². The predicted octanol–water partition coefficient (Wildman–Crippen LogP) is 2.53. The molecule has 29 heavy (non-hydrogen) atoms. The number of para-hydroxylation sites is 1. The van der Waals surface area contributed by atoms with Crippen molar-refractivity contribution in [1.29, 1.82) is 0 Å². The van der Waals surface area contributed by atoms with Crippen molar-refractivity contribution >= 4 is 5.91 Å². The number of fused-ring (bicyclic) bond motifs is 2. The molecule has 3 aromatic rings. The molecule has 7 heteroatoms. The summed E-state index contributed by atoms with van der Waals surface area (Å²) < 4.78 is 16.8. The van der Waals surface area contributed by atoms with Crippen LogP contribution >= 0.6 is 0 Å². The van der Waals surface area contributed by atoms with E-state index in [1.807, 2.05) is 36.4 Å². The Kier molecular flexibility index (Phi) is 4.48. The van der Waals surface area contributed by atoms with Gasteiger partial charge in [0.2, 0.25) is 12.7 Å². The predicted molar refractivity (Wildman–Crippen MR) is 105 cm³/mol. The Labute approximate surface area is 167 Å². The summed E-state index contributed by atoms with van der Waals surface area (Å²) >= 11 is 0.